The Morgan fingerprint density at radius 1 is 1.24 bits per heavy atom. The first-order valence-electron chi connectivity index (χ1n) is 7.10. The third kappa shape index (κ3) is 2.93. The lowest BCUT2D eigenvalue weighted by Crippen LogP contribution is -2.24. The van der Waals surface area contributed by atoms with E-state index in [2.05, 4.69) is 21.2 Å². The molecule has 2 aromatic rings. The molecular weight excluding hydrogens is 307 g/mol. The Morgan fingerprint density at radius 3 is 2.71 bits per heavy atom. The van der Waals surface area contributed by atoms with Crippen LogP contribution in [0, 0.1) is 6.92 Å². The van der Waals surface area contributed by atoms with Gasteiger partial charge < -0.3 is 4.57 Å². The van der Waals surface area contributed by atoms with Crippen LogP contribution in [0.2, 0.25) is 10.0 Å². The zero-order valence-electron chi connectivity index (χ0n) is 12.2. The number of rotatable bonds is 3. The van der Waals surface area contributed by atoms with Crippen molar-refractivity contribution >= 4 is 23.2 Å². The normalized spacial score (nSPS) is 19.3. The van der Waals surface area contributed by atoms with Crippen LogP contribution in [0.1, 0.15) is 36.1 Å². The molecule has 1 aliphatic heterocycles. The van der Waals surface area contributed by atoms with Crippen LogP contribution < -0.4 is 0 Å². The van der Waals surface area contributed by atoms with Crippen molar-refractivity contribution in [3.8, 4) is 0 Å². The first kappa shape index (κ1) is 14.8. The summed E-state index contributed by atoms with van der Waals surface area (Å²) in [5.74, 6) is 1.94. The Kier molecular flexibility index (Phi) is 4.20. The lowest BCUT2D eigenvalue weighted by Gasteiger charge is -2.24. The second-order valence-corrected chi connectivity index (χ2v) is 6.34. The lowest BCUT2D eigenvalue weighted by molar-refractivity contribution is 0.239. The maximum Gasteiger partial charge on any atom is 0.146 e. The maximum atomic E-state index is 6.15. The SMILES string of the molecule is Cc1nnc(CN2CCC[C@@H]2c2ccc(Cl)c(Cl)c2)n1C. The Hall–Kier alpha value is -1.10. The van der Waals surface area contributed by atoms with E-state index in [0.29, 0.717) is 16.1 Å². The van der Waals surface area contributed by atoms with Crippen LogP contribution in [0.5, 0.6) is 0 Å². The summed E-state index contributed by atoms with van der Waals surface area (Å²) in [6.07, 6.45) is 2.32. The maximum absolute atomic E-state index is 6.15. The third-order valence-electron chi connectivity index (χ3n) is 4.22. The summed E-state index contributed by atoms with van der Waals surface area (Å²) in [6.45, 7) is 3.84. The molecule has 0 saturated carbocycles. The number of halogens is 2. The molecule has 1 atom stereocenters. The van der Waals surface area contributed by atoms with Crippen molar-refractivity contribution in [1.82, 2.24) is 19.7 Å². The third-order valence-corrected chi connectivity index (χ3v) is 4.96. The van der Waals surface area contributed by atoms with Crippen LogP contribution >= 0.6 is 23.2 Å². The van der Waals surface area contributed by atoms with Crippen molar-refractivity contribution in [2.75, 3.05) is 6.54 Å². The molecule has 2 heterocycles. The molecule has 1 fully saturated rings. The van der Waals surface area contributed by atoms with E-state index in [1.807, 2.05) is 30.7 Å². The number of aryl methyl sites for hydroxylation is 1. The van der Waals surface area contributed by atoms with Gasteiger partial charge in [-0.25, -0.2) is 0 Å². The minimum Gasteiger partial charge on any atom is -0.317 e. The fraction of sp³-hybridized carbons (Fsp3) is 0.467. The fourth-order valence-corrected chi connectivity index (χ4v) is 3.19. The Bertz CT molecular complexity index is 653. The average molecular weight is 325 g/mol. The molecule has 0 unspecified atom stereocenters. The topological polar surface area (TPSA) is 34.0 Å². The van der Waals surface area contributed by atoms with Crippen molar-refractivity contribution in [3.63, 3.8) is 0 Å². The molecule has 21 heavy (non-hydrogen) atoms. The largest absolute Gasteiger partial charge is 0.317 e. The van der Waals surface area contributed by atoms with Gasteiger partial charge in [-0.15, -0.1) is 10.2 Å². The summed E-state index contributed by atoms with van der Waals surface area (Å²) in [5.41, 5.74) is 1.22. The van der Waals surface area contributed by atoms with E-state index in [1.54, 1.807) is 0 Å². The van der Waals surface area contributed by atoms with Crippen LogP contribution in [0.25, 0.3) is 0 Å². The molecule has 1 aromatic carbocycles. The molecule has 1 saturated heterocycles. The van der Waals surface area contributed by atoms with Crippen molar-refractivity contribution in [3.05, 3.63) is 45.5 Å². The molecule has 0 radical (unpaired) electrons. The van der Waals surface area contributed by atoms with Crippen molar-refractivity contribution in [1.29, 1.82) is 0 Å². The van der Waals surface area contributed by atoms with Gasteiger partial charge in [-0.1, -0.05) is 29.3 Å². The first-order chi connectivity index (χ1) is 10.1. The Labute approximate surface area is 134 Å². The molecule has 0 amide bonds. The number of benzene rings is 1. The second-order valence-electron chi connectivity index (χ2n) is 5.52. The zero-order chi connectivity index (χ0) is 15.0. The van der Waals surface area contributed by atoms with Crippen molar-refractivity contribution < 1.29 is 0 Å². The molecule has 0 spiro atoms. The van der Waals surface area contributed by atoms with Gasteiger partial charge in [-0.2, -0.15) is 0 Å². The molecular formula is C15H18Cl2N4. The Morgan fingerprint density at radius 2 is 2.05 bits per heavy atom. The molecule has 0 aliphatic carbocycles. The fourth-order valence-electron chi connectivity index (χ4n) is 2.88. The minimum absolute atomic E-state index is 0.372. The van der Waals surface area contributed by atoms with E-state index in [-0.39, 0.29) is 0 Å². The quantitative estimate of drug-likeness (QED) is 0.861. The average Bonchev–Trinajstić information content (AvgIpc) is 3.04. The molecule has 6 heteroatoms. The predicted octanol–water partition coefficient (Wildman–Crippen LogP) is 3.77. The second kappa shape index (κ2) is 5.95. The summed E-state index contributed by atoms with van der Waals surface area (Å²) >= 11 is 12.2. The van der Waals surface area contributed by atoms with Gasteiger partial charge in [0.1, 0.15) is 11.6 Å². The number of hydrogen-bond donors (Lipinski definition) is 0. The Balaban J connectivity index is 1.82. The molecule has 1 aromatic heterocycles. The van der Waals surface area contributed by atoms with E-state index in [1.165, 1.54) is 12.0 Å². The van der Waals surface area contributed by atoms with E-state index < -0.39 is 0 Å². The van der Waals surface area contributed by atoms with Crippen LogP contribution in [-0.4, -0.2) is 26.2 Å². The molecule has 0 bridgehead atoms. The standard InChI is InChI=1S/C15H18Cl2N4/c1-10-18-19-15(20(10)2)9-21-7-3-4-14(21)11-5-6-12(16)13(17)8-11/h5-6,8,14H,3-4,7,9H2,1-2H3/t14-/m1/s1. The van der Waals surface area contributed by atoms with Crippen LogP contribution in [0.3, 0.4) is 0 Å². The number of aromatic nitrogens is 3. The summed E-state index contributed by atoms with van der Waals surface area (Å²) in [6, 6.07) is 6.30. The summed E-state index contributed by atoms with van der Waals surface area (Å²) in [4.78, 5) is 2.43. The van der Waals surface area contributed by atoms with Gasteiger partial charge in [0.15, 0.2) is 0 Å². The highest BCUT2D eigenvalue weighted by atomic mass is 35.5. The van der Waals surface area contributed by atoms with Crippen molar-refractivity contribution in [2.45, 2.75) is 32.4 Å². The molecule has 4 nitrogen and oxygen atoms in total. The highest BCUT2D eigenvalue weighted by molar-refractivity contribution is 6.42. The monoisotopic (exact) mass is 324 g/mol. The summed E-state index contributed by atoms with van der Waals surface area (Å²) < 4.78 is 2.05. The number of likely N-dealkylation sites (tertiary alicyclic amines) is 1. The van der Waals surface area contributed by atoms with Crippen LogP contribution in [0.4, 0.5) is 0 Å². The van der Waals surface area contributed by atoms with E-state index >= 15 is 0 Å². The van der Waals surface area contributed by atoms with E-state index in [0.717, 1.165) is 31.2 Å². The summed E-state index contributed by atoms with van der Waals surface area (Å²) in [7, 11) is 2.01. The van der Waals surface area contributed by atoms with Gasteiger partial charge in [-0.3, -0.25) is 4.90 Å². The van der Waals surface area contributed by atoms with Crippen LogP contribution in [-0.2, 0) is 13.6 Å². The highest BCUT2D eigenvalue weighted by Crippen LogP contribution is 2.35. The first-order valence-corrected chi connectivity index (χ1v) is 7.85. The lowest BCUT2D eigenvalue weighted by atomic mass is 10.0. The van der Waals surface area contributed by atoms with Gasteiger partial charge in [0.25, 0.3) is 0 Å². The number of hydrogen-bond acceptors (Lipinski definition) is 3. The smallest absolute Gasteiger partial charge is 0.146 e. The predicted molar refractivity (Wildman–Crippen MR) is 84.6 cm³/mol. The summed E-state index contributed by atoms with van der Waals surface area (Å²) in [5, 5.41) is 9.62. The molecule has 1 aliphatic rings. The van der Waals surface area contributed by atoms with E-state index in [4.69, 9.17) is 23.2 Å². The van der Waals surface area contributed by atoms with Crippen molar-refractivity contribution in [2.24, 2.45) is 7.05 Å². The molecule has 112 valence electrons. The van der Waals surface area contributed by atoms with Crippen LogP contribution in [0.15, 0.2) is 18.2 Å². The van der Waals surface area contributed by atoms with Gasteiger partial charge in [0.05, 0.1) is 16.6 Å². The van der Waals surface area contributed by atoms with Gasteiger partial charge >= 0.3 is 0 Å². The number of nitrogens with zero attached hydrogens (tertiary/aromatic N) is 4. The molecule has 3 rings (SSSR count). The zero-order valence-corrected chi connectivity index (χ0v) is 13.7. The van der Waals surface area contributed by atoms with Gasteiger partial charge in [0, 0.05) is 13.1 Å². The van der Waals surface area contributed by atoms with Gasteiger partial charge in [0.2, 0.25) is 0 Å². The van der Waals surface area contributed by atoms with E-state index in [9.17, 15) is 0 Å². The molecule has 0 N–H and O–H groups in total. The van der Waals surface area contributed by atoms with Gasteiger partial charge in [-0.05, 0) is 44.0 Å². The minimum atomic E-state index is 0.372. The highest BCUT2D eigenvalue weighted by Gasteiger charge is 2.27.